The molecule has 1 aliphatic carbocycles. The standard InChI is InChI=1S/C22H21N3O4/c1-13(2)19-23-17-11-7-6-10-16(17)20(27)25(19)24-22(21(28)29-3)12-14-8-4-5-9-15(14)18(22)26/h4-11,13,24H,12H2,1-3H3. The predicted molar refractivity (Wildman–Crippen MR) is 109 cm³/mol. The number of ether oxygens (including phenoxy) is 1. The highest BCUT2D eigenvalue weighted by molar-refractivity contribution is 6.21. The Labute approximate surface area is 167 Å². The summed E-state index contributed by atoms with van der Waals surface area (Å²) in [4.78, 5) is 44.0. The smallest absolute Gasteiger partial charge is 0.341 e. The first kappa shape index (κ1) is 18.9. The second-order valence-corrected chi connectivity index (χ2v) is 7.45. The predicted octanol–water partition coefficient (Wildman–Crippen LogP) is 2.41. The number of fused-ring (bicyclic) bond motifs is 2. The van der Waals surface area contributed by atoms with Crippen molar-refractivity contribution in [3.05, 3.63) is 75.8 Å². The molecule has 0 radical (unpaired) electrons. The van der Waals surface area contributed by atoms with Gasteiger partial charge < -0.3 is 4.74 Å². The molecular weight excluding hydrogens is 370 g/mol. The zero-order valence-corrected chi connectivity index (χ0v) is 16.4. The monoisotopic (exact) mass is 391 g/mol. The topological polar surface area (TPSA) is 90.3 Å². The summed E-state index contributed by atoms with van der Waals surface area (Å²) in [6.07, 6.45) is 0.0888. The lowest BCUT2D eigenvalue weighted by molar-refractivity contribution is -0.144. The first-order valence-electron chi connectivity index (χ1n) is 9.40. The van der Waals surface area contributed by atoms with E-state index < -0.39 is 17.3 Å². The summed E-state index contributed by atoms with van der Waals surface area (Å²) < 4.78 is 6.21. The molecular formula is C22H21N3O4. The summed E-state index contributed by atoms with van der Waals surface area (Å²) >= 11 is 0. The molecule has 0 bridgehead atoms. The number of carbonyl (C=O) groups excluding carboxylic acids is 2. The van der Waals surface area contributed by atoms with Crippen LogP contribution in [0.5, 0.6) is 0 Å². The highest BCUT2D eigenvalue weighted by Crippen LogP contribution is 2.32. The van der Waals surface area contributed by atoms with Crippen LogP contribution in [0.25, 0.3) is 10.9 Å². The minimum absolute atomic E-state index is 0.0888. The van der Waals surface area contributed by atoms with Crippen LogP contribution in [0.4, 0.5) is 0 Å². The lowest BCUT2D eigenvalue weighted by atomic mass is 9.95. The average molecular weight is 391 g/mol. The molecule has 1 aromatic heterocycles. The van der Waals surface area contributed by atoms with Gasteiger partial charge in [-0.1, -0.05) is 50.2 Å². The highest BCUT2D eigenvalue weighted by Gasteiger charge is 2.53. The Hall–Kier alpha value is -3.48. The highest BCUT2D eigenvalue weighted by atomic mass is 16.5. The number of benzene rings is 2. The van der Waals surface area contributed by atoms with Crippen molar-refractivity contribution < 1.29 is 14.3 Å². The van der Waals surface area contributed by atoms with Gasteiger partial charge in [-0.3, -0.25) is 15.0 Å². The van der Waals surface area contributed by atoms with Gasteiger partial charge in [-0.15, -0.1) is 0 Å². The van der Waals surface area contributed by atoms with Crippen LogP contribution in [0.1, 0.15) is 41.5 Å². The molecule has 0 saturated carbocycles. The molecule has 0 spiro atoms. The largest absolute Gasteiger partial charge is 0.467 e. The van der Waals surface area contributed by atoms with E-state index in [-0.39, 0.29) is 17.9 Å². The third-order valence-corrected chi connectivity index (χ3v) is 5.26. The zero-order valence-electron chi connectivity index (χ0n) is 16.4. The minimum atomic E-state index is -1.73. The molecule has 3 aromatic rings. The van der Waals surface area contributed by atoms with Gasteiger partial charge in [0.15, 0.2) is 0 Å². The van der Waals surface area contributed by atoms with Crippen molar-refractivity contribution in [2.75, 3.05) is 12.5 Å². The number of nitrogens with zero attached hydrogens (tertiary/aromatic N) is 2. The van der Waals surface area contributed by atoms with Crippen LogP contribution in [0.3, 0.4) is 0 Å². The fourth-order valence-electron chi connectivity index (χ4n) is 3.80. The van der Waals surface area contributed by atoms with E-state index in [1.165, 1.54) is 11.8 Å². The first-order valence-corrected chi connectivity index (χ1v) is 9.40. The minimum Gasteiger partial charge on any atom is -0.467 e. The zero-order chi connectivity index (χ0) is 20.8. The third kappa shape index (κ3) is 2.81. The molecule has 0 amide bonds. The number of hydrogen-bond donors (Lipinski definition) is 1. The van der Waals surface area contributed by atoms with E-state index in [0.717, 1.165) is 5.56 Å². The lowest BCUT2D eigenvalue weighted by Gasteiger charge is -2.29. The number of hydrogen-bond acceptors (Lipinski definition) is 6. The lowest BCUT2D eigenvalue weighted by Crippen LogP contribution is -2.58. The molecule has 1 aliphatic rings. The van der Waals surface area contributed by atoms with Crippen molar-refractivity contribution in [1.29, 1.82) is 0 Å². The molecule has 4 rings (SSSR count). The number of ketones is 1. The average Bonchev–Trinajstić information content (AvgIpc) is 3.02. The van der Waals surface area contributed by atoms with Gasteiger partial charge in [-0.2, -0.15) is 0 Å². The quantitative estimate of drug-likeness (QED) is 0.543. The van der Waals surface area contributed by atoms with Crippen LogP contribution in [0.2, 0.25) is 0 Å². The number of aromatic nitrogens is 2. The third-order valence-electron chi connectivity index (χ3n) is 5.26. The van der Waals surface area contributed by atoms with E-state index >= 15 is 0 Å². The molecule has 1 N–H and O–H groups in total. The number of carbonyl (C=O) groups is 2. The van der Waals surface area contributed by atoms with Crippen LogP contribution in [0.15, 0.2) is 53.3 Å². The number of rotatable bonds is 4. The number of Topliss-reactive ketones (excluding diaryl/α,β-unsaturated/α-hetero) is 1. The van der Waals surface area contributed by atoms with Crippen LogP contribution in [-0.4, -0.2) is 34.1 Å². The summed E-state index contributed by atoms with van der Waals surface area (Å²) in [6.45, 7) is 3.79. The van der Waals surface area contributed by atoms with Gasteiger partial charge in [0.2, 0.25) is 11.3 Å². The number of methoxy groups -OCH3 is 1. The van der Waals surface area contributed by atoms with Crippen LogP contribution >= 0.6 is 0 Å². The molecule has 1 heterocycles. The fraction of sp³-hybridized carbons (Fsp3) is 0.273. The summed E-state index contributed by atoms with van der Waals surface area (Å²) in [6, 6.07) is 14.0. The SMILES string of the molecule is COC(=O)C1(Nn2c(C(C)C)nc3ccccc3c2=O)Cc2ccccc2C1=O. The molecule has 1 unspecified atom stereocenters. The summed E-state index contributed by atoms with van der Waals surface area (Å²) in [5.74, 6) is -0.864. The van der Waals surface area contributed by atoms with Crippen molar-refractivity contribution in [2.45, 2.75) is 31.7 Å². The number of nitrogens with one attached hydrogen (secondary N) is 1. The Morgan fingerprint density at radius 1 is 1.14 bits per heavy atom. The number of esters is 1. The molecule has 0 fully saturated rings. The first-order chi connectivity index (χ1) is 13.9. The molecule has 1 atom stereocenters. The molecule has 7 heteroatoms. The van der Waals surface area contributed by atoms with Crippen molar-refractivity contribution >= 4 is 22.7 Å². The van der Waals surface area contributed by atoms with Gasteiger partial charge >= 0.3 is 5.97 Å². The molecule has 0 aliphatic heterocycles. The van der Waals surface area contributed by atoms with Crippen molar-refractivity contribution in [3.8, 4) is 0 Å². The Morgan fingerprint density at radius 3 is 2.52 bits per heavy atom. The van der Waals surface area contributed by atoms with Crippen LogP contribution < -0.4 is 11.0 Å². The van der Waals surface area contributed by atoms with Crippen molar-refractivity contribution in [2.24, 2.45) is 0 Å². The van der Waals surface area contributed by atoms with E-state index in [9.17, 15) is 14.4 Å². The van der Waals surface area contributed by atoms with Gasteiger partial charge in [-0.05, 0) is 17.7 Å². The van der Waals surface area contributed by atoms with Gasteiger partial charge in [0, 0.05) is 17.9 Å². The summed E-state index contributed by atoms with van der Waals surface area (Å²) in [5.41, 5.74) is 2.57. The van der Waals surface area contributed by atoms with E-state index in [1.54, 1.807) is 36.4 Å². The Bertz CT molecular complexity index is 1200. The number of para-hydroxylation sites is 1. The van der Waals surface area contributed by atoms with Crippen molar-refractivity contribution in [1.82, 2.24) is 9.66 Å². The maximum atomic E-state index is 13.3. The van der Waals surface area contributed by atoms with E-state index in [4.69, 9.17) is 4.74 Å². The Kier molecular flexibility index (Phi) is 4.45. The molecule has 7 nitrogen and oxygen atoms in total. The molecule has 2 aromatic carbocycles. The normalized spacial score (nSPS) is 18.1. The fourth-order valence-corrected chi connectivity index (χ4v) is 3.80. The molecule has 0 saturated heterocycles. The van der Waals surface area contributed by atoms with E-state index in [2.05, 4.69) is 10.4 Å². The second-order valence-electron chi connectivity index (χ2n) is 7.45. The molecule has 148 valence electrons. The maximum absolute atomic E-state index is 13.3. The van der Waals surface area contributed by atoms with Gasteiger partial charge in [-0.25, -0.2) is 14.5 Å². The van der Waals surface area contributed by atoms with Crippen LogP contribution in [-0.2, 0) is 16.0 Å². The van der Waals surface area contributed by atoms with Gasteiger partial charge in [0.05, 0.1) is 18.0 Å². The molecule has 29 heavy (non-hydrogen) atoms. The van der Waals surface area contributed by atoms with E-state index in [1.807, 2.05) is 26.0 Å². The second kappa shape index (κ2) is 6.84. The Balaban J connectivity index is 1.93. The summed E-state index contributed by atoms with van der Waals surface area (Å²) in [7, 11) is 1.23. The van der Waals surface area contributed by atoms with Crippen molar-refractivity contribution in [3.63, 3.8) is 0 Å². The van der Waals surface area contributed by atoms with Gasteiger partial charge in [0.25, 0.3) is 5.56 Å². The Morgan fingerprint density at radius 2 is 1.83 bits per heavy atom. The van der Waals surface area contributed by atoms with E-state index in [0.29, 0.717) is 22.3 Å². The van der Waals surface area contributed by atoms with Crippen LogP contribution in [0, 0.1) is 0 Å². The summed E-state index contributed by atoms with van der Waals surface area (Å²) in [5, 5.41) is 0.396. The maximum Gasteiger partial charge on any atom is 0.341 e. The van der Waals surface area contributed by atoms with Gasteiger partial charge in [0.1, 0.15) is 5.82 Å².